The molecule has 228 valence electrons. The highest BCUT2D eigenvalue weighted by molar-refractivity contribution is 5.66. The fourth-order valence-corrected chi connectivity index (χ4v) is 5.31. The first-order chi connectivity index (χ1) is 18.8. The molecule has 0 aliphatic heterocycles. The number of carbonyl (C=O) groups is 1. The van der Waals surface area contributed by atoms with Gasteiger partial charge in [-0.3, -0.25) is 4.79 Å². The SMILES string of the molecule is CCCCCCCCCCCCNCCCCCCCCCNCCCCCCCCCCCCC(=O)O. The van der Waals surface area contributed by atoms with E-state index >= 15 is 0 Å². The molecule has 4 heteroatoms. The summed E-state index contributed by atoms with van der Waals surface area (Å²) in [5.41, 5.74) is 0. The summed E-state index contributed by atoms with van der Waals surface area (Å²) in [6, 6.07) is 0. The normalized spacial score (nSPS) is 11.4. The molecule has 0 aliphatic rings. The molecule has 0 saturated heterocycles. The highest BCUT2D eigenvalue weighted by atomic mass is 16.4. The van der Waals surface area contributed by atoms with Crippen molar-refractivity contribution in [3.8, 4) is 0 Å². The summed E-state index contributed by atoms with van der Waals surface area (Å²) in [7, 11) is 0. The van der Waals surface area contributed by atoms with Crippen molar-refractivity contribution in [1.82, 2.24) is 10.6 Å². The second kappa shape index (κ2) is 34.4. The van der Waals surface area contributed by atoms with E-state index in [0.717, 1.165) is 12.8 Å². The van der Waals surface area contributed by atoms with Crippen LogP contribution in [0.2, 0.25) is 0 Å². The molecule has 0 unspecified atom stereocenters. The Bertz CT molecular complexity index is 444. The molecule has 0 spiro atoms. The first kappa shape index (κ1) is 37.4. The summed E-state index contributed by atoms with van der Waals surface area (Å²) in [5, 5.41) is 15.9. The maximum atomic E-state index is 10.5. The molecule has 38 heavy (non-hydrogen) atoms. The Morgan fingerprint density at radius 1 is 0.395 bits per heavy atom. The minimum Gasteiger partial charge on any atom is -0.481 e. The lowest BCUT2D eigenvalue weighted by atomic mass is 10.1. The van der Waals surface area contributed by atoms with Crippen LogP contribution in [-0.2, 0) is 4.79 Å². The molecule has 0 fully saturated rings. The summed E-state index contributed by atoms with van der Waals surface area (Å²) >= 11 is 0. The van der Waals surface area contributed by atoms with Gasteiger partial charge in [0, 0.05) is 6.42 Å². The monoisotopic (exact) mass is 539 g/mol. The molecule has 0 heterocycles. The van der Waals surface area contributed by atoms with Gasteiger partial charge in [0.2, 0.25) is 0 Å². The van der Waals surface area contributed by atoms with Crippen molar-refractivity contribution < 1.29 is 9.90 Å². The maximum absolute atomic E-state index is 10.5. The van der Waals surface area contributed by atoms with Gasteiger partial charge in [0.15, 0.2) is 0 Å². The van der Waals surface area contributed by atoms with E-state index in [-0.39, 0.29) is 0 Å². The van der Waals surface area contributed by atoms with Gasteiger partial charge in [-0.1, -0.05) is 148 Å². The van der Waals surface area contributed by atoms with Crippen molar-refractivity contribution >= 4 is 5.97 Å². The van der Waals surface area contributed by atoms with E-state index in [4.69, 9.17) is 5.11 Å². The molecule has 4 nitrogen and oxygen atoms in total. The van der Waals surface area contributed by atoms with Gasteiger partial charge >= 0.3 is 5.97 Å². The molecule has 0 aromatic heterocycles. The minimum atomic E-state index is -0.654. The van der Waals surface area contributed by atoms with Gasteiger partial charge in [0.25, 0.3) is 0 Å². The number of carboxylic acids is 1. The van der Waals surface area contributed by atoms with Crippen LogP contribution in [0, 0.1) is 0 Å². The highest BCUT2D eigenvalue weighted by Crippen LogP contribution is 2.12. The number of hydrogen-bond donors (Lipinski definition) is 3. The van der Waals surface area contributed by atoms with Crippen molar-refractivity contribution in [3.63, 3.8) is 0 Å². The Morgan fingerprint density at radius 2 is 0.632 bits per heavy atom. The smallest absolute Gasteiger partial charge is 0.303 e. The van der Waals surface area contributed by atoms with Crippen molar-refractivity contribution in [2.24, 2.45) is 0 Å². The molecule has 0 saturated carbocycles. The Labute approximate surface area is 239 Å². The van der Waals surface area contributed by atoms with E-state index in [1.807, 2.05) is 0 Å². The minimum absolute atomic E-state index is 0.339. The van der Waals surface area contributed by atoms with E-state index in [1.165, 1.54) is 187 Å². The van der Waals surface area contributed by atoms with Crippen molar-refractivity contribution in [1.29, 1.82) is 0 Å². The molecule has 0 bridgehead atoms. The lowest BCUT2D eigenvalue weighted by molar-refractivity contribution is -0.137. The third kappa shape index (κ3) is 35.4. The van der Waals surface area contributed by atoms with Crippen molar-refractivity contribution in [2.45, 2.75) is 187 Å². The van der Waals surface area contributed by atoms with Crippen LogP contribution >= 0.6 is 0 Å². The van der Waals surface area contributed by atoms with Gasteiger partial charge in [-0.05, 0) is 58.3 Å². The number of nitrogens with one attached hydrogen (secondary N) is 2. The first-order valence-corrected chi connectivity index (χ1v) is 17.4. The van der Waals surface area contributed by atoms with Crippen LogP contribution in [0.1, 0.15) is 187 Å². The third-order valence-electron chi connectivity index (χ3n) is 7.91. The predicted octanol–water partition coefficient (Wildman–Crippen LogP) is 10.2. The average Bonchev–Trinajstić information content (AvgIpc) is 2.91. The van der Waals surface area contributed by atoms with E-state index in [1.54, 1.807) is 0 Å². The van der Waals surface area contributed by atoms with Gasteiger partial charge in [-0.2, -0.15) is 0 Å². The molecule has 0 radical (unpaired) electrons. The number of aliphatic carboxylic acids is 1. The zero-order chi connectivity index (χ0) is 27.6. The maximum Gasteiger partial charge on any atom is 0.303 e. The van der Waals surface area contributed by atoms with E-state index in [2.05, 4.69) is 17.6 Å². The largest absolute Gasteiger partial charge is 0.481 e. The summed E-state index contributed by atoms with van der Waals surface area (Å²) in [5.74, 6) is -0.654. The standard InChI is InChI=1S/C34H70N2O2/c1-2-3-4-5-6-7-11-15-20-25-30-35-32-27-22-17-13-18-23-28-33-36-31-26-21-16-12-9-8-10-14-19-24-29-34(37)38/h35-36H,2-33H2,1H3,(H,37,38). The van der Waals surface area contributed by atoms with Gasteiger partial charge in [-0.15, -0.1) is 0 Å². The number of unbranched alkanes of at least 4 members (excludes halogenated alkanes) is 24. The van der Waals surface area contributed by atoms with Crippen LogP contribution in [0.15, 0.2) is 0 Å². The summed E-state index contributed by atoms with van der Waals surface area (Å²) in [6.07, 6.45) is 36.8. The number of carboxylic acid groups (broad SMARTS) is 1. The molecular weight excluding hydrogens is 468 g/mol. The molecule has 0 amide bonds. The first-order valence-electron chi connectivity index (χ1n) is 17.4. The molecule has 0 atom stereocenters. The number of hydrogen-bond acceptors (Lipinski definition) is 3. The molecule has 0 aromatic rings. The van der Waals surface area contributed by atoms with Crippen LogP contribution < -0.4 is 10.6 Å². The quantitative estimate of drug-likeness (QED) is 0.0713. The molecule has 0 aliphatic carbocycles. The van der Waals surface area contributed by atoms with Crippen LogP contribution in [0.3, 0.4) is 0 Å². The fraction of sp³-hybridized carbons (Fsp3) is 0.971. The lowest BCUT2D eigenvalue weighted by Gasteiger charge is -2.06. The van der Waals surface area contributed by atoms with Gasteiger partial charge in [-0.25, -0.2) is 0 Å². The fourth-order valence-electron chi connectivity index (χ4n) is 5.31. The van der Waals surface area contributed by atoms with Crippen molar-refractivity contribution in [2.75, 3.05) is 26.2 Å². The van der Waals surface area contributed by atoms with Gasteiger partial charge in [0.05, 0.1) is 0 Å². The van der Waals surface area contributed by atoms with Crippen LogP contribution in [0.25, 0.3) is 0 Å². The third-order valence-corrected chi connectivity index (χ3v) is 7.91. The summed E-state index contributed by atoms with van der Waals surface area (Å²) < 4.78 is 0. The predicted molar refractivity (Wildman–Crippen MR) is 168 cm³/mol. The van der Waals surface area contributed by atoms with Crippen LogP contribution in [0.4, 0.5) is 0 Å². The number of rotatable bonds is 34. The Morgan fingerprint density at radius 3 is 0.895 bits per heavy atom. The Kier molecular flexibility index (Phi) is 33.9. The highest BCUT2D eigenvalue weighted by Gasteiger charge is 1.98. The van der Waals surface area contributed by atoms with Crippen LogP contribution in [-0.4, -0.2) is 37.3 Å². The van der Waals surface area contributed by atoms with Gasteiger partial charge in [0.1, 0.15) is 0 Å². The topological polar surface area (TPSA) is 61.4 Å². The second-order valence-electron chi connectivity index (χ2n) is 11.8. The summed E-state index contributed by atoms with van der Waals surface area (Å²) in [6.45, 7) is 7.13. The lowest BCUT2D eigenvalue weighted by Crippen LogP contribution is -2.16. The second-order valence-corrected chi connectivity index (χ2v) is 11.8. The zero-order valence-electron chi connectivity index (χ0n) is 26.0. The van der Waals surface area contributed by atoms with E-state index in [9.17, 15) is 4.79 Å². The molecule has 0 rings (SSSR count). The van der Waals surface area contributed by atoms with Gasteiger partial charge < -0.3 is 15.7 Å². The van der Waals surface area contributed by atoms with Crippen LogP contribution in [0.5, 0.6) is 0 Å². The Balaban J connectivity index is 3.02. The van der Waals surface area contributed by atoms with E-state index < -0.39 is 5.97 Å². The molecule has 3 N–H and O–H groups in total. The summed E-state index contributed by atoms with van der Waals surface area (Å²) in [4.78, 5) is 10.5. The van der Waals surface area contributed by atoms with Crippen molar-refractivity contribution in [3.05, 3.63) is 0 Å². The van der Waals surface area contributed by atoms with E-state index in [0.29, 0.717) is 6.42 Å². The zero-order valence-corrected chi connectivity index (χ0v) is 26.0. The molecule has 0 aromatic carbocycles. The Hall–Kier alpha value is -0.610. The molecular formula is C34H70N2O2. The average molecular weight is 539 g/mol.